The van der Waals surface area contributed by atoms with Crippen molar-refractivity contribution in [2.75, 3.05) is 32.1 Å². The molecule has 0 bridgehead atoms. The summed E-state index contributed by atoms with van der Waals surface area (Å²) in [7, 11) is 1.35. The molecule has 1 saturated heterocycles. The van der Waals surface area contributed by atoms with Gasteiger partial charge in [-0.15, -0.1) is 0 Å². The lowest BCUT2D eigenvalue weighted by atomic mass is 10.1. The Labute approximate surface area is 144 Å². The lowest BCUT2D eigenvalue weighted by Gasteiger charge is -2.39. The molecular formula is C19H29N2O3+. The van der Waals surface area contributed by atoms with Gasteiger partial charge in [-0.05, 0) is 25.5 Å². The highest BCUT2D eigenvalue weighted by Gasteiger charge is 2.42. The molecule has 1 unspecified atom stereocenters. The Balaban J connectivity index is 2.30. The monoisotopic (exact) mass is 333 g/mol. The van der Waals surface area contributed by atoms with Crippen LogP contribution >= 0.6 is 0 Å². The van der Waals surface area contributed by atoms with Gasteiger partial charge in [0.1, 0.15) is 0 Å². The largest absolute Gasteiger partial charge is 0.465 e. The van der Waals surface area contributed by atoms with E-state index < -0.39 is 5.97 Å². The van der Waals surface area contributed by atoms with Crippen molar-refractivity contribution < 1.29 is 18.8 Å². The molecule has 0 radical (unpaired) electrons. The van der Waals surface area contributed by atoms with Crippen LogP contribution in [0.1, 0.15) is 49.0 Å². The summed E-state index contributed by atoms with van der Waals surface area (Å²) < 4.78 is 5.70. The number of carbonyl (C=O) groups is 2. The van der Waals surface area contributed by atoms with Crippen LogP contribution in [0, 0.1) is 6.92 Å². The van der Waals surface area contributed by atoms with Crippen LogP contribution in [-0.4, -0.2) is 49.1 Å². The van der Waals surface area contributed by atoms with Gasteiger partial charge < -0.3 is 14.5 Å². The Morgan fingerprint density at radius 1 is 1.25 bits per heavy atom. The zero-order valence-electron chi connectivity index (χ0n) is 15.2. The number of aryl methyl sites for hydroxylation is 1. The Kier molecular flexibility index (Phi) is 5.99. The maximum Gasteiger partial charge on any atom is 0.339 e. The molecule has 24 heavy (non-hydrogen) atoms. The molecule has 5 nitrogen and oxygen atoms in total. The zero-order valence-corrected chi connectivity index (χ0v) is 15.2. The summed E-state index contributed by atoms with van der Waals surface area (Å²) in [6.45, 7) is 9.19. The lowest BCUT2D eigenvalue weighted by molar-refractivity contribution is -0.930. The number of likely N-dealkylation sites (N-methyl/N-ethyl adjacent to an activating group) is 1. The van der Waals surface area contributed by atoms with Crippen molar-refractivity contribution in [1.29, 1.82) is 0 Å². The quantitative estimate of drug-likeness (QED) is 0.643. The molecule has 132 valence electrons. The maximum absolute atomic E-state index is 13.0. The summed E-state index contributed by atoms with van der Waals surface area (Å²) in [5.41, 5.74) is 1.84. The smallest absolute Gasteiger partial charge is 0.339 e. The minimum Gasteiger partial charge on any atom is -0.465 e. The topological polar surface area (TPSA) is 55.4 Å². The van der Waals surface area contributed by atoms with E-state index >= 15 is 0 Å². The van der Waals surface area contributed by atoms with E-state index in [1.54, 1.807) is 12.1 Å². The van der Waals surface area contributed by atoms with Crippen LogP contribution in [0.15, 0.2) is 18.2 Å². The highest BCUT2D eigenvalue weighted by molar-refractivity contribution is 6.03. The third-order valence-corrected chi connectivity index (χ3v) is 5.36. The predicted octanol–water partition coefficient (Wildman–Crippen LogP) is 3.13. The molecule has 0 saturated carbocycles. The second-order valence-corrected chi connectivity index (χ2v) is 6.59. The van der Waals surface area contributed by atoms with Gasteiger partial charge in [0, 0.05) is 19.3 Å². The van der Waals surface area contributed by atoms with Crippen LogP contribution in [0.4, 0.5) is 5.69 Å². The van der Waals surface area contributed by atoms with Crippen LogP contribution in [0.2, 0.25) is 0 Å². The number of carbonyl (C=O) groups excluding carboxylic acids is 2. The number of rotatable bonds is 6. The van der Waals surface area contributed by atoms with Crippen LogP contribution in [0.5, 0.6) is 0 Å². The number of esters is 1. The first kappa shape index (κ1) is 18.5. The first-order valence-corrected chi connectivity index (χ1v) is 8.83. The van der Waals surface area contributed by atoms with Crippen molar-refractivity contribution in [2.24, 2.45) is 0 Å². The average Bonchev–Trinajstić information content (AvgIpc) is 3.06. The number of benzene rings is 1. The Morgan fingerprint density at radius 2 is 1.92 bits per heavy atom. The highest BCUT2D eigenvalue weighted by Crippen LogP contribution is 2.28. The van der Waals surface area contributed by atoms with Gasteiger partial charge in [0.2, 0.25) is 0 Å². The van der Waals surface area contributed by atoms with Gasteiger partial charge in [-0.1, -0.05) is 19.1 Å². The highest BCUT2D eigenvalue weighted by atomic mass is 16.5. The van der Waals surface area contributed by atoms with E-state index in [-0.39, 0.29) is 11.9 Å². The van der Waals surface area contributed by atoms with Gasteiger partial charge in [0.05, 0.1) is 38.0 Å². The van der Waals surface area contributed by atoms with Crippen molar-refractivity contribution in [3.63, 3.8) is 0 Å². The summed E-state index contributed by atoms with van der Waals surface area (Å²) in [6.07, 6.45) is 3.14. The molecule has 1 aliphatic heterocycles. The number of amides is 1. The molecule has 0 spiro atoms. The van der Waals surface area contributed by atoms with Gasteiger partial charge in [-0.3, -0.25) is 4.79 Å². The van der Waals surface area contributed by atoms with Crippen molar-refractivity contribution in [2.45, 2.75) is 46.1 Å². The number of likely N-dealkylation sites (tertiary alicyclic amines) is 1. The Hall–Kier alpha value is -1.88. The fourth-order valence-electron chi connectivity index (χ4n) is 3.96. The number of hydrogen-bond acceptors (Lipinski definition) is 3. The number of anilines is 1. The standard InChI is InChI=1S/C19H28N2O3/c1-5-16(21(6-2)12-7-8-13-21)18(22)20-17-14(3)10-9-11-15(17)19(23)24-4/h9-11,16H,5-8,12-13H2,1-4H3/p+1. The van der Waals surface area contributed by atoms with Crippen molar-refractivity contribution >= 4 is 17.6 Å². The number of ether oxygens (including phenoxy) is 1. The van der Waals surface area contributed by atoms with Gasteiger partial charge in [-0.25, -0.2) is 4.79 Å². The van der Waals surface area contributed by atoms with Crippen LogP contribution in [0.3, 0.4) is 0 Å². The molecule has 1 aliphatic rings. The van der Waals surface area contributed by atoms with Crippen LogP contribution < -0.4 is 5.32 Å². The second kappa shape index (κ2) is 7.79. The summed E-state index contributed by atoms with van der Waals surface area (Å²) in [5, 5.41) is 3.03. The Morgan fingerprint density at radius 3 is 2.46 bits per heavy atom. The molecule has 1 atom stereocenters. The number of nitrogens with one attached hydrogen (secondary N) is 1. The molecule has 1 aromatic carbocycles. The van der Waals surface area contributed by atoms with E-state index in [0.717, 1.165) is 36.1 Å². The number of hydrogen-bond donors (Lipinski definition) is 1. The summed E-state index contributed by atoms with van der Waals surface area (Å²) in [6, 6.07) is 5.30. The summed E-state index contributed by atoms with van der Waals surface area (Å²) >= 11 is 0. The molecule has 0 aromatic heterocycles. The van der Waals surface area contributed by atoms with E-state index in [9.17, 15) is 9.59 Å². The second-order valence-electron chi connectivity index (χ2n) is 6.59. The van der Waals surface area contributed by atoms with Gasteiger partial charge in [0.25, 0.3) is 5.91 Å². The van der Waals surface area contributed by atoms with E-state index in [1.165, 1.54) is 20.0 Å². The fraction of sp³-hybridized carbons (Fsp3) is 0.579. The molecule has 1 heterocycles. The average molecular weight is 333 g/mol. The minimum absolute atomic E-state index is 0.000651. The Bertz CT molecular complexity index is 607. The van der Waals surface area contributed by atoms with Crippen LogP contribution in [0.25, 0.3) is 0 Å². The predicted molar refractivity (Wildman–Crippen MR) is 95.0 cm³/mol. The van der Waals surface area contributed by atoms with Crippen molar-refractivity contribution in [1.82, 2.24) is 0 Å². The van der Waals surface area contributed by atoms with Gasteiger partial charge in [-0.2, -0.15) is 0 Å². The van der Waals surface area contributed by atoms with E-state index in [0.29, 0.717) is 11.3 Å². The SMILES string of the molecule is CCC(C(=O)Nc1c(C)cccc1C(=O)OC)[N+]1(CC)CCCC1. The molecule has 1 aromatic rings. The molecule has 0 aliphatic carbocycles. The third-order valence-electron chi connectivity index (χ3n) is 5.36. The normalized spacial score (nSPS) is 17.3. The van der Waals surface area contributed by atoms with E-state index in [1.807, 2.05) is 13.0 Å². The molecule has 1 amide bonds. The third kappa shape index (κ3) is 3.46. The first-order valence-electron chi connectivity index (χ1n) is 8.83. The fourth-order valence-corrected chi connectivity index (χ4v) is 3.96. The van der Waals surface area contributed by atoms with Gasteiger partial charge in [0.15, 0.2) is 6.04 Å². The van der Waals surface area contributed by atoms with Gasteiger partial charge >= 0.3 is 5.97 Å². The molecule has 1 N–H and O–H groups in total. The van der Waals surface area contributed by atoms with Crippen molar-refractivity contribution in [3.05, 3.63) is 29.3 Å². The number of nitrogens with zero attached hydrogens (tertiary/aromatic N) is 1. The molecule has 2 rings (SSSR count). The molecule has 5 heteroatoms. The first-order chi connectivity index (χ1) is 11.5. The lowest BCUT2D eigenvalue weighted by Crippen LogP contribution is -2.57. The number of quaternary nitrogens is 1. The summed E-state index contributed by atoms with van der Waals surface area (Å²) in [4.78, 5) is 25.0. The van der Waals surface area contributed by atoms with E-state index in [2.05, 4.69) is 19.2 Å². The maximum atomic E-state index is 13.0. The van der Waals surface area contributed by atoms with Crippen molar-refractivity contribution in [3.8, 4) is 0 Å². The molecule has 1 fully saturated rings. The van der Waals surface area contributed by atoms with E-state index in [4.69, 9.17) is 4.74 Å². The zero-order chi connectivity index (χ0) is 17.7. The number of para-hydroxylation sites is 1. The minimum atomic E-state index is -0.428. The van der Waals surface area contributed by atoms with Crippen LogP contribution in [-0.2, 0) is 9.53 Å². The molecular weight excluding hydrogens is 304 g/mol. The summed E-state index contributed by atoms with van der Waals surface area (Å²) in [5.74, 6) is -0.427. The number of methoxy groups -OCH3 is 1.